The molecule has 0 aliphatic carbocycles. The monoisotopic (exact) mass is 315 g/mol. The molecule has 4 nitrogen and oxygen atoms in total. The van der Waals surface area contributed by atoms with Crippen molar-refractivity contribution >= 4 is 17.7 Å². The van der Waals surface area contributed by atoms with E-state index < -0.39 is 0 Å². The van der Waals surface area contributed by atoms with Crippen molar-refractivity contribution in [2.75, 3.05) is 18.8 Å². The van der Waals surface area contributed by atoms with Gasteiger partial charge >= 0.3 is 0 Å². The molecule has 2 rings (SSSR count). The number of hydrogen-bond acceptors (Lipinski definition) is 3. The van der Waals surface area contributed by atoms with E-state index in [0.717, 1.165) is 5.75 Å². The molecule has 5 heteroatoms. The zero-order valence-corrected chi connectivity index (χ0v) is 13.6. The third kappa shape index (κ3) is 4.49. The number of aromatic nitrogens is 2. The minimum atomic E-state index is -0.246. The molecule has 0 bridgehead atoms. The lowest BCUT2D eigenvalue weighted by atomic mass is 10.2. The second-order valence-corrected chi connectivity index (χ2v) is 6.09. The maximum absolute atomic E-state index is 12.6. The molecular weight excluding hydrogens is 294 g/mol. The van der Waals surface area contributed by atoms with E-state index >= 15 is 0 Å². The fourth-order valence-corrected chi connectivity index (χ4v) is 3.02. The number of rotatable bonds is 8. The summed E-state index contributed by atoms with van der Waals surface area (Å²) in [7, 11) is 0. The molecule has 22 heavy (non-hydrogen) atoms. The average molecular weight is 315 g/mol. The van der Waals surface area contributed by atoms with E-state index in [9.17, 15) is 4.79 Å². The van der Waals surface area contributed by atoms with Gasteiger partial charge in [0.05, 0.1) is 6.33 Å². The lowest BCUT2D eigenvalue weighted by Crippen LogP contribution is -2.37. The Kier molecular flexibility index (Phi) is 6.27. The van der Waals surface area contributed by atoms with Gasteiger partial charge in [-0.2, -0.15) is 0 Å². The normalized spacial score (nSPS) is 11.9. The van der Waals surface area contributed by atoms with E-state index in [1.807, 2.05) is 40.8 Å². The first-order valence-electron chi connectivity index (χ1n) is 7.27. The second-order valence-electron chi connectivity index (χ2n) is 4.92. The van der Waals surface area contributed by atoms with Crippen molar-refractivity contribution in [3.8, 4) is 0 Å². The minimum absolute atomic E-state index is 0.0894. The summed E-state index contributed by atoms with van der Waals surface area (Å²) in [5.41, 5.74) is 0. The summed E-state index contributed by atoms with van der Waals surface area (Å²) >= 11 is 1.75. The van der Waals surface area contributed by atoms with Crippen molar-refractivity contribution in [2.24, 2.45) is 0 Å². The topological polar surface area (TPSA) is 38.1 Å². The van der Waals surface area contributed by atoms with Crippen LogP contribution < -0.4 is 0 Å². The maximum Gasteiger partial charge on any atom is 0.245 e. The Labute approximate surface area is 135 Å². The van der Waals surface area contributed by atoms with E-state index in [1.165, 1.54) is 4.90 Å². The molecule has 0 unspecified atom stereocenters. The quantitative estimate of drug-likeness (QED) is 0.554. The summed E-state index contributed by atoms with van der Waals surface area (Å²) in [6.07, 6.45) is 6.94. The molecule has 1 amide bonds. The molecule has 0 N–H and O–H groups in total. The number of benzene rings is 1. The molecule has 0 fully saturated rings. The number of hydrogen-bond donors (Lipinski definition) is 0. The van der Waals surface area contributed by atoms with E-state index in [2.05, 4.69) is 23.7 Å². The predicted molar refractivity (Wildman–Crippen MR) is 90.9 cm³/mol. The van der Waals surface area contributed by atoms with Gasteiger partial charge in [0.2, 0.25) is 5.91 Å². The lowest BCUT2D eigenvalue weighted by molar-refractivity contribution is -0.133. The molecule has 0 radical (unpaired) electrons. The third-order valence-electron chi connectivity index (χ3n) is 3.36. The molecule has 0 saturated carbocycles. The molecule has 0 aliphatic rings. The summed E-state index contributed by atoms with van der Waals surface area (Å²) in [5.74, 6) is 0.951. The summed E-state index contributed by atoms with van der Waals surface area (Å²) in [5, 5.41) is 0. The SMILES string of the molecule is C=CCN(CCSc1ccccc1)C(=O)[C@@H](C)n1ccnc1. The summed E-state index contributed by atoms with van der Waals surface area (Å²) in [4.78, 5) is 19.7. The number of carbonyl (C=O) groups excluding carboxylic acids is 1. The Morgan fingerprint density at radius 2 is 2.23 bits per heavy atom. The van der Waals surface area contributed by atoms with Gasteiger partial charge in [-0.25, -0.2) is 4.98 Å². The van der Waals surface area contributed by atoms with Gasteiger partial charge in [-0.05, 0) is 19.1 Å². The number of nitrogens with zero attached hydrogens (tertiary/aromatic N) is 3. The van der Waals surface area contributed by atoms with Crippen LogP contribution in [0.2, 0.25) is 0 Å². The van der Waals surface area contributed by atoms with Crippen LogP contribution in [0.3, 0.4) is 0 Å². The average Bonchev–Trinajstić information content (AvgIpc) is 3.08. The Morgan fingerprint density at radius 3 is 2.86 bits per heavy atom. The van der Waals surface area contributed by atoms with Gasteiger partial charge in [0.15, 0.2) is 0 Å². The highest BCUT2D eigenvalue weighted by atomic mass is 32.2. The first-order chi connectivity index (χ1) is 10.7. The number of amides is 1. The smallest absolute Gasteiger partial charge is 0.245 e. The fourth-order valence-electron chi connectivity index (χ4n) is 2.13. The highest BCUT2D eigenvalue weighted by Crippen LogP contribution is 2.18. The standard InChI is InChI=1S/C17H21N3OS/c1-3-10-19(12-13-22-16-7-5-4-6-8-16)17(21)15(2)20-11-9-18-14-20/h3-9,11,14-15H,1,10,12-13H2,2H3/t15-/m1/s1. The molecule has 1 aromatic heterocycles. The molecule has 0 spiro atoms. The van der Waals surface area contributed by atoms with Gasteiger partial charge < -0.3 is 9.47 Å². The van der Waals surface area contributed by atoms with E-state index in [0.29, 0.717) is 13.1 Å². The van der Waals surface area contributed by atoms with Crippen molar-refractivity contribution < 1.29 is 4.79 Å². The van der Waals surface area contributed by atoms with Gasteiger partial charge in [0, 0.05) is 36.1 Å². The van der Waals surface area contributed by atoms with Crippen LogP contribution in [0.1, 0.15) is 13.0 Å². The van der Waals surface area contributed by atoms with Crippen LogP contribution in [0.4, 0.5) is 0 Å². The van der Waals surface area contributed by atoms with Crippen molar-refractivity contribution in [2.45, 2.75) is 17.9 Å². The van der Waals surface area contributed by atoms with Crippen molar-refractivity contribution in [1.29, 1.82) is 0 Å². The largest absolute Gasteiger partial charge is 0.336 e. The number of imidazole rings is 1. The highest BCUT2D eigenvalue weighted by molar-refractivity contribution is 7.99. The summed E-state index contributed by atoms with van der Waals surface area (Å²) in [6.45, 7) is 6.91. The molecule has 2 aromatic rings. The van der Waals surface area contributed by atoms with Crippen LogP contribution in [0.5, 0.6) is 0 Å². The van der Waals surface area contributed by atoms with Crippen LogP contribution in [0.15, 0.2) is 66.6 Å². The highest BCUT2D eigenvalue weighted by Gasteiger charge is 2.20. The number of thioether (sulfide) groups is 1. The molecular formula is C17H21N3OS. The van der Waals surface area contributed by atoms with Crippen LogP contribution >= 0.6 is 11.8 Å². The molecule has 1 atom stereocenters. The zero-order valence-electron chi connectivity index (χ0n) is 12.8. The van der Waals surface area contributed by atoms with Crippen LogP contribution in [-0.2, 0) is 4.79 Å². The first kappa shape index (κ1) is 16.4. The summed E-state index contributed by atoms with van der Waals surface area (Å²) < 4.78 is 1.82. The van der Waals surface area contributed by atoms with E-state index in [4.69, 9.17) is 0 Å². The molecule has 0 saturated heterocycles. The van der Waals surface area contributed by atoms with Gasteiger partial charge in [0.1, 0.15) is 6.04 Å². The molecule has 1 heterocycles. The first-order valence-corrected chi connectivity index (χ1v) is 8.26. The third-order valence-corrected chi connectivity index (χ3v) is 4.36. The van der Waals surface area contributed by atoms with Crippen LogP contribution in [0.25, 0.3) is 0 Å². The van der Waals surface area contributed by atoms with Crippen molar-refractivity contribution in [3.05, 3.63) is 61.7 Å². The molecule has 1 aromatic carbocycles. The van der Waals surface area contributed by atoms with Crippen LogP contribution in [-0.4, -0.2) is 39.2 Å². The molecule has 0 aliphatic heterocycles. The zero-order chi connectivity index (χ0) is 15.8. The van der Waals surface area contributed by atoms with Gasteiger partial charge in [-0.1, -0.05) is 24.3 Å². The minimum Gasteiger partial charge on any atom is -0.336 e. The van der Waals surface area contributed by atoms with E-state index in [-0.39, 0.29) is 11.9 Å². The Bertz CT molecular complexity index is 583. The molecule has 116 valence electrons. The van der Waals surface area contributed by atoms with Gasteiger partial charge in [-0.15, -0.1) is 18.3 Å². The summed E-state index contributed by atoms with van der Waals surface area (Å²) in [6, 6.07) is 9.97. The van der Waals surface area contributed by atoms with E-state index in [1.54, 1.807) is 30.4 Å². The Hall–Kier alpha value is -2.01. The number of carbonyl (C=O) groups is 1. The van der Waals surface area contributed by atoms with Crippen LogP contribution in [0, 0.1) is 0 Å². The Morgan fingerprint density at radius 1 is 1.45 bits per heavy atom. The Balaban J connectivity index is 1.91. The van der Waals surface area contributed by atoms with Crippen molar-refractivity contribution in [1.82, 2.24) is 14.5 Å². The maximum atomic E-state index is 12.6. The van der Waals surface area contributed by atoms with Crippen molar-refractivity contribution in [3.63, 3.8) is 0 Å². The van der Waals surface area contributed by atoms with Gasteiger partial charge in [0.25, 0.3) is 0 Å². The van der Waals surface area contributed by atoms with Gasteiger partial charge in [-0.3, -0.25) is 4.79 Å². The lowest BCUT2D eigenvalue weighted by Gasteiger charge is -2.25. The predicted octanol–water partition coefficient (Wildman–Crippen LogP) is 3.25. The fraction of sp³-hybridized carbons (Fsp3) is 0.294. The second kappa shape index (κ2) is 8.44.